The fourth-order valence-corrected chi connectivity index (χ4v) is 3.72. The summed E-state index contributed by atoms with van der Waals surface area (Å²) in [4.78, 5) is 14.2. The minimum atomic E-state index is -3.89. The van der Waals surface area contributed by atoms with E-state index in [-0.39, 0.29) is 16.8 Å². The van der Waals surface area contributed by atoms with Crippen molar-refractivity contribution < 1.29 is 13.2 Å². The van der Waals surface area contributed by atoms with Gasteiger partial charge in [-0.15, -0.1) is 0 Å². The lowest BCUT2D eigenvalue weighted by molar-refractivity contribution is 0.0699. The SMILES string of the molecule is CCC(C)N(CC)C(=O)c1cc(C)c(Br)c(S(N)(=O)=O)c1. The Morgan fingerprint density at radius 2 is 1.95 bits per heavy atom. The molecule has 1 rings (SSSR count). The third-order valence-electron chi connectivity index (χ3n) is 3.50. The Labute approximate surface area is 134 Å². The molecule has 0 heterocycles. The lowest BCUT2D eigenvalue weighted by Crippen LogP contribution is -2.38. The highest BCUT2D eigenvalue weighted by molar-refractivity contribution is 9.10. The molecule has 0 saturated carbocycles. The highest BCUT2D eigenvalue weighted by Gasteiger charge is 2.23. The molecule has 0 saturated heterocycles. The van der Waals surface area contributed by atoms with Crippen LogP contribution in [0.4, 0.5) is 0 Å². The molecule has 0 spiro atoms. The number of benzene rings is 1. The van der Waals surface area contributed by atoms with Crippen molar-refractivity contribution in [2.45, 2.75) is 45.1 Å². The summed E-state index contributed by atoms with van der Waals surface area (Å²) in [6.45, 7) is 8.16. The molecule has 5 nitrogen and oxygen atoms in total. The number of hydrogen-bond donors (Lipinski definition) is 1. The standard InChI is InChI=1S/C14H21BrN2O3S/c1-5-10(4)17(6-2)14(18)11-7-9(3)13(15)12(8-11)21(16,19)20/h7-8,10H,5-6H2,1-4H3,(H2,16,19,20). The first kappa shape index (κ1) is 18.1. The molecule has 7 heteroatoms. The molecule has 1 aromatic carbocycles. The molecule has 1 unspecified atom stereocenters. The topological polar surface area (TPSA) is 80.5 Å². The van der Waals surface area contributed by atoms with Gasteiger partial charge in [0.2, 0.25) is 10.0 Å². The van der Waals surface area contributed by atoms with E-state index in [1.807, 2.05) is 20.8 Å². The van der Waals surface area contributed by atoms with Crippen LogP contribution < -0.4 is 5.14 Å². The van der Waals surface area contributed by atoms with E-state index < -0.39 is 10.0 Å². The van der Waals surface area contributed by atoms with Gasteiger partial charge in [0.1, 0.15) is 0 Å². The predicted octanol–water partition coefficient (Wildman–Crippen LogP) is 2.67. The number of nitrogens with two attached hydrogens (primary N) is 1. The summed E-state index contributed by atoms with van der Waals surface area (Å²) in [5, 5.41) is 5.21. The van der Waals surface area contributed by atoms with Gasteiger partial charge in [0.15, 0.2) is 0 Å². The number of nitrogens with zero attached hydrogens (tertiary/aromatic N) is 1. The number of primary sulfonamides is 1. The Kier molecular flexibility index (Phi) is 5.95. The molecular formula is C14H21BrN2O3S. The van der Waals surface area contributed by atoms with Crippen LogP contribution in [0.2, 0.25) is 0 Å². The molecule has 1 amide bonds. The normalized spacial score (nSPS) is 13.0. The lowest BCUT2D eigenvalue weighted by atomic mass is 10.1. The average molecular weight is 377 g/mol. The number of halogens is 1. The highest BCUT2D eigenvalue weighted by atomic mass is 79.9. The second-order valence-corrected chi connectivity index (χ2v) is 7.32. The third-order valence-corrected chi connectivity index (χ3v) is 5.75. The maximum Gasteiger partial charge on any atom is 0.254 e. The van der Waals surface area contributed by atoms with Crippen LogP contribution in [-0.4, -0.2) is 31.8 Å². The molecular weight excluding hydrogens is 356 g/mol. The maximum absolute atomic E-state index is 12.6. The maximum atomic E-state index is 12.6. The van der Waals surface area contributed by atoms with Crippen molar-refractivity contribution in [1.29, 1.82) is 0 Å². The summed E-state index contributed by atoms with van der Waals surface area (Å²) in [5.41, 5.74) is 0.993. The minimum Gasteiger partial charge on any atom is -0.336 e. The molecule has 0 bridgehead atoms. The first-order chi connectivity index (χ1) is 9.63. The van der Waals surface area contributed by atoms with Gasteiger partial charge < -0.3 is 4.90 Å². The number of amides is 1. The minimum absolute atomic E-state index is 0.0638. The number of hydrogen-bond acceptors (Lipinski definition) is 3. The quantitative estimate of drug-likeness (QED) is 0.857. The van der Waals surface area contributed by atoms with E-state index >= 15 is 0 Å². The molecule has 0 aliphatic rings. The van der Waals surface area contributed by atoms with E-state index in [2.05, 4.69) is 15.9 Å². The van der Waals surface area contributed by atoms with Gasteiger partial charge in [-0.2, -0.15) is 0 Å². The molecule has 1 aromatic rings. The molecule has 0 aromatic heterocycles. The van der Waals surface area contributed by atoms with Gasteiger partial charge >= 0.3 is 0 Å². The van der Waals surface area contributed by atoms with Crippen molar-refractivity contribution in [1.82, 2.24) is 4.90 Å². The Balaban J connectivity index is 3.38. The zero-order valence-corrected chi connectivity index (χ0v) is 15.1. The molecule has 1 atom stereocenters. The van der Waals surface area contributed by atoms with Crippen molar-refractivity contribution in [3.8, 4) is 0 Å². The van der Waals surface area contributed by atoms with Crippen LogP contribution in [0, 0.1) is 6.92 Å². The van der Waals surface area contributed by atoms with Gasteiger partial charge in [0, 0.05) is 22.6 Å². The van der Waals surface area contributed by atoms with Gasteiger partial charge in [0.05, 0.1) is 4.90 Å². The number of sulfonamides is 1. The summed E-state index contributed by atoms with van der Waals surface area (Å²) in [6.07, 6.45) is 0.830. The smallest absolute Gasteiger partial charge is 0.254 e. The third kappa shape index (κ3) is 4.05. The van der Waals surface area contributed by atoms with Crippen LogP contribution in [0.5, 0.6) is 0 Å². The van der Waals surface area contributed by atoms with Crippen molar-refractivity contribution in [3.05, 3.63) is 27.7 Å². The van der Waals surface area contributed by atoms with Gasteiger partial charge in [-0.3, -0.25) is 4.79 Å². The number of carbonyl (C=O) groups is 1. The van der Waals surface area contributed by atoms with E-state index in [0.717, 1.165) is 6.42 Å². The number of rotatable bonds is 5. The Morgan fingerprint density at radius 3 is 2.38 bits per heavy atom. The van der Waals surface area contributed by atoms with E-state index in [9.17, 15) is 13.2 Å². The van der Waals surface area contributed by atoms with Gasteiger partial charge in [-0.05, 0) is 60.8 Å². The van der Waals surface area contributed by atoms with E-state index in [4.69, 9.17) is 5.14 Å². The zero-order valence-electron chi connectivity index (χ0n) is 12.7. The van der Waals surface area contributed by atoms with Gasteiger partial charge in [-0.1, -0.05) is 6.92 Å². The summed E-state index contributed by atoms with van der Waals surface area (Å²) in [7, 11) is -3.89. The van der Waals surface area contributed by atoms with Gasteiger partial charge in [0.25, 0.3) is 5.91 Å². The van der Waals surface area contributed by atoms with Crippen LogP contribution >= 0.6 is 15.9 Å². The first-order valence-corrected chi connectivity index (χ1v) is 9.11. The van der Waals surface area contributed by atoms with Crippen molar-refractivity contribution in [2.24, 2.45) is 5.14 Å². The van der Waals surface area contributed by atoms with Crippen LogP contribution in [-0.2, 0) is 10.0 Å². The summed E-state index contributed by atoms with van der Waals surface area (Å²) in [6, 6.07) is 3.09. The van der Waals surface area contributed by atoms with E-state index in [1.165, 1.54) is 6.07 Å². The molecule has 0 aliphatic carbocycles. The molecule has 0 fully saturated rings. The Morgan fingerprint density at radius 1 is 1.38 bits per heavy atom. The van der Waals surface area contributed by atoms with Crippen LogP contribution in [0.15, 0.2) is 21.5 Å². The van der Waals surface area contributed by atoms with Crippen molar-refractivity contribution in [2.75, 3.05) is 6.54 Å². The lowest BCUT2D eigenvalue weighted by Gasteiger charge is -2.27. The number of aryl methyl sites for hydroxylation is 1. The Bertz CT molecular complexity index is 644. The number of carbonyl (C=O) groups excluding carboxylic acids is 1. The zero-order chi connectivity index (χ0) is 16.4. The van der Waals surface area contributed by atoms with Crippen LogP contribution in [0.25, 0.3) is 0 Å². The Hall–Kier alpha value is -0.920. The second-order valence-electron chi connectivity index (χ2n) is 5.00. The largest absolute Gasteiger partial charge is 0.336 e. The summed E-state index contributed by atoms with van der Waals surface area (Å²) in [5.74, 6) is -0.188. The highest BCUT2D eigenvalue weighted by Crippen LogP contribution is 2.27. The average Bonchev–Trinajstić information content (AvgIpc) is 2.40. The van der Waals surface area contributed by atoms with E-state index in [0.29, 0.717) is 22.1 Å². The monoisotopic (exact) mass is 376 g/mol. The summed E-state index contributed by atoms with van der Waals surface area (Å²) < 4.78 is 23.7. The van der Waals surface area contributed by atoms with Crippen molar-refractivity contribution >= 4 is 31.9 Å². The molecule has 118 valence electrons. The van der Waals surface area contributed by atoms with Gasteiger partial charge in [-0.25, -0.2) is 13.6 Å². The van der Waals surface area contributed by atoms with E-state index in [1.54, 1.807) is 17.9 Å². The van der Waals surface area contributed by atoms with Crippen molar-refractivity contribution in [3.63, 3.8) is 0 Å². The van der Waals surface area contributed by atoms with Crippen LogP contribution in [0.1, 0.15) is 43.1 Å². The molecule has 2 N–H and O–H groups in total. The molecule has 21 heavy (non-hydrogen) atoms. The summed E-state index contributed by atoms with van der Waals surface area (Å²) >= 11 is 3.21. The fourth-order valence-electron chi connectivity index (χ4n) is 2.11. The van der Waals surface area contributed by atoms with Crippen LogP contribution in [0.3, 0.4) is 0 Å². The predicted molar refractivity (Wildman–Crippen MR) is 86.7 cm³/mol. The second kappa shape index (κ2) is 6.89. The molecule has 0 aliphatic heterocycles. The molecule has 0 radical (unpaired) electrons. The first-order valence-electron chi connectivity index (χ1n) is 6.77. The fraction of sp³-hybridized carbons (Fsp3) is 0.500.